The minimum atomic E-state index is -4.38. The van der Waals surface area contributed by atoms with Crippen LogP contribution in [0.3, 0.4) is 0 Å². The first-order valence-corrected chi connectivity index (χ1v) is 6.98. The molecule has 0 atom stereocenters. The third-order valence-electron chi connectivity index (χ3n) is 3.54. The maximum absolute atomic E-state index is 12.7. The van der Waals surface area contributed by atoms with Crippen LogP contribution in [0.4, 0.5) is 13.2 Å². The molecule has 0 saturated heterocycles. The van der Waals surface area contributed by atoms with Crippen LogP contribution in [0.25, 0.3) is 16.8 Å². The molecule has 24 heavy (non-hydrogen) atoms. The maximum Gasteiger partial charge on any atom is 0.416 e. The number of hydrogen-bond donors (Lipinski definition) is 1. The highest BCUT2D eigenvalue weighted by Crippen LogP contribution is 2.32. The van der Waals surface area contributed by atoms with Crippen LogP contribution in [0.1, 0.15) is 15.9 Å². The van der Waals surface area contributed by atoms with Gasteiger partial charge in [-0.25, -0.2) is 4.68 Å². The summed E-state index contributed by atoms with van der Waals surface area (Å²) in [4.78, 5) is 11.2. The van der Waals surface area contributed by atoms with E-state index < -0.39 is 17.6 Å². The summed E-state index contributed by atoms with van der Waals surface area (Å²) in [5, 5.41) is 4.09. The highest BCUT2D eigenvalue weighted by molar-refractivity contribution is 5.92. The molecule has 2 aromatic carbocycles. The van der Waals surface area contributed by atoms with E-state index in [0.29, 0.717) is 16.8 Å². The second-order valence-electron chi connectivity index (χ2n) is 5.13. The van der Waals surface area contributed by atoms with E-state index in [1.54, 1.807) is 24.3 Å². The highest BCUT2D eigenvalue weighted by atomic mass is 19.4. The van der Waals surface area contributed by atoms with Crippen molar-refractivity contribution < 1.29 is 18.0 Å². The first-order valence-electron chi connectivity index (χ1n) is 6.98. The lowest BCUT2D eigenvalue weighted by molar-refractivity contribution is -0.137. The lowest BCUT2D eigenvalue weighted by atomic mass is 10.0. The van der Waals surface area contributed by atoms with Gasteiger partial charge in [-0.05, 0) is 23.8 Å². The van der Waals surface area contributed by atoms with Crippen LogP contribution in [0.15, 0.2) is 60.9 Å². The molecule has 3 aromatic rings. The molecule has 1 aromatic heterocycles. The van der Waals surface area contributed by atoms with Crippen LogP contribution in [0.5, 0.6) is 0 Å². The molecular weight excluding hydrogens is 319 g/mol. The molecule has 0 unspecified atom stereocenters. The lowest BCUT2D eigenvalue weighted by Gasteiger charge is -2.11. The van der Waals surface area contributed by atoms with Crippen LogP contribution in [-0.4, -0.2) is 15.7 Å². The van der Waals surface area contributed by atoms with E-state index in [2.05, 4.69) is 5.10 Å². The van der Waals surface area contributed by atoms with Gasteiger partial charge in [0, 0.05) is 11.8 Å². The van der Waals surface area contributed by atoms with E-state index >= 15 is 0 Å². The van der Waals surface area contributed by atoms with Gasteiger partial charge in [0.05, 0.1) is 23.0 Å². The quantitative estimate of drug-likeness (QED) is 0.796. The molecule has 0 saturated carbocycles. The van der Waals surface area contributed by atoms with Crippen molar-refractivity contribution in [3.05, 3.63) is 72.1 Å². The SMILES string of the molecule is NC(=O)c1cnn(-c2ccccc2-c2ccc(C(F)(F)F)cc2)c1. The molecule has 0 bridgehead atoms. The molecule has 0 aliphatic carbocycles. The molecule has 0 spiro atoms. The van der Waals surface area contributed by atoms with Crippen LogP contribution in [0, 0.1) is 0 Å². The van der Waals surface area contributed by atoms with Crippen LogP contribution < -0.4 is 5.73 Å². The Morgan fingerprint density at radius 1 is 1.04 bits per heavy atom. The normalized spacial score (nSPS) is 11.5. The highest BCUT2D eigenvalue weighted by Gasteiger charge is 2.30. The molecule has 122 valence electrons. The van der Waals surface area contributed by atoms with Crippen molar-refractivity contribution in [2.24, 2.45) is 5.73 Å². The average molecular weight is 331 g/mol. The first-order chi connectivity index (χ1) is 11.4. The van der Waals surface area contributed by atoms with Gasteiger partial charge in [-0.2, -0.15) is 18.3 Å². The Morgan fingerprint density at radius 2 is 1.71 bits per heavy atom. The number of aromatic nitrogens is 2. The van der Waals surface area contributed by atoms with Gasteiger partial charge in [0.1, 0.15) is 0 Å². The largest absolute Gasteiger partial charge is 0.416 e. The van der Waals surface area contributed by atoms with E-state index in [1.165, 1.54) is 29.2 Å². The van der Waals surface area contributed by atoms with Gasteiger partial charge in [-0.3, -0.25) is 4.79 Å². The van der Waals surface area contributed by atoms with Crippen molar-refractivity contribution in [2.75, 3.05) is 0 Å². The van der Waals surface area contributed by atoms with Gasteiger partial charge in [-0.1, -0.05) is 30.3 Å². The summed E-state index contributed by atoms with van der Waals surface area (Å²) in [7, 11) is 0. The molecule has 0 aliphatic heterocycles. The monoisotopic (exact) mass is 331 g/mol. The van der Waals surface area contributed by atoms with Gasteiger partial charge in [0.2, 0.25) is 0 Å². The standard InChI is InChI=1S/C17H12F3N3O/c18-17(19,20)13-7-5-11(6-8-13)14-3-1-2-4-15(14)23-10-12(9-22-23)16(21)24/h1-10H,(H2,21,24). The van der Waals surface area contributed by atoms with E-state index in [0.717, 1.165) is 12.1 Å². The number of rotatable bonds is 3. The zero-order chi connectivity index (χ0) is 17.3. The summed E-state index contributed by atoms with van der Waals surface area (Å²) in [6.45, 7) is 0. The van der Waals surface area contributed by atoms with Gasteiger partial charge in [0.25, 0.3) is 5.91 Å². The molecule has 4 nitrogen and oxygen atoms in total. The first kappa shape index (κ1) is 15.8. The number of benzene rings is 2. The number of primary amides is 1. The molecule has 1 heterocycles. The third-order valence-corrected chi connectivity index (χ3v) is 3.54. The van der Waals surface area contributed by atoms with Crippen molar-refractivity contribution in [3.8, 4) is 16.8 Å². The summed E-state index contributed by atoms with van der Waals surface area (Å²) in [5.74, 6) is -0.603. The Labute approximate surface area is 135 Å². The van der Waals surface area contributed by atoms with Crippen molar-refractivity contribution in [2.45, 2.75) is 6.18 Å². The minimum absolute atomic E-state index is 0.247. The molecule has 1 amide bonds. The van der Waals surface area contributed by atoms with Crippen LogP contribution >= 0.6 is 0 Å². The summed E-state index contributed by atoms with van der Waals surface area (Å²) in [5.41, 5.74) is 6.67. The molecule has 3 rings (SSSR count). The fraction of sp³-hybridized carbons (Fsp3) is 0.0588. The number of amides is 1. The van der Waals surface area contributed by atoms with Crippen LogP contribution in [-0.2, 0) is 6.18 Å². The van der Waals surface area contributed by atoms with Crippen molar-refractivity contribution >= 4 is 5.91 Å². The molecule has 7 heteroatoms. The Hall–Kier alpha value is -3.09. The number of nitrogens with zero attached hydrogens (tertiary/aromatic N) is 2. The number of carbonyl (C=O) groups excluding carboxylic acids is 1. The van der Waals surface area contributed by atoms with Crippen molar-refractivity contribution in [1.29, 1.82) is 0 Å². The van der Waals surface area contributed by atoms with E-state index in [9.17, 15) is 18.0 Å². The molecular formula is C17H12F3N3O. The Kier molecular flexibility index (Phi) is 3.84. The molecule has 0 fully saturated rings. The topological polar surface area (TPSA) is 60.9 Å². The number of nitrogens with two attached hydrogens (primary N) is 1. The van der Waals surface area contributed by atoms with Crippen molar-refractivity contribution in [3.63, 3.8) is 0 Å². The lowest BCUT2D eigenvalue weighted by Crippen LogP contribution is -2.09. The second-order valence-corrected chi connectivity index (χ2v) is 5.13. The molecule has 0 radical (unpaired) electrons. The summed E-state index contributed by atoms with van der Waals surface area (Å²) in [6, 6.07) is 11.9. The number of para-hydroxylation sites is 1. The maximum atomic E-state index is 12.7. The predicted octanol–water partition coefficient (Wildman–Crippen LogP) is 3.66. The van der Waals surface area contributed by atoms with E-state index in [1.807, 2.05) is 0 Å². The zero-order valence-corrected chi connectivity index (χ0v) is 12.3. The third kappa shape index (κ3) is 3.01. The average Bonchev–Trinajstić information content (AvgIpc) is 3.04. The second kappa shape index (κ2) is 5.84. The van der Waals surface area contributed by atoms with Crippen LogP contribution in [0.2, 0.25) is 0 Å². The number of alkyl halides is 3. The molecule has 2 N–H and O–H groups in total. The summed E-state index contributed by atoms with van der Waals surface area (Å²) >= 11 is 0. The zero-order valence-electron chi connectivity index (χ0n) is 12.3. The summed E-state index contributed by atoms with van der Waals surface area (Å²) < 4.78 is 39.5. The number of hydrogen-bond acceptors (Lipinski definition) is 2. The van der Waals surface area contributed by atoms with Crippen molar-refractivity contribution in [1.82, 2.24) is 9.78 Å². The Morgan fingerprint density at radius 3 is 2.29 bits per heavy atom. The van der Waals surface area contributed by atoms with Gasteiger partial charge >= 0.3 is 6.18 Å². The minimum Gasteiger partial charge on any atom is -0.366 e. The fourth-order valence-corrected chi connectivity index (χ4v) is 2.34. The van der Waals surface area contributed by atoms with E-state index in [-0.39, 0.29) is 5.56 Å². The Balaban J connectivity index is 2.04. The Bertz CT molecular complexity index is 883. The fourth-order valence-electron chi connectivity index (χ4n) is 2.34. The molecule has 0 aliphatic rings. The number of carbonyl (C=O) groups is 1. The van der Waals surface area contributed by atoms with Gasteiger partial charge < -0.3 is 5.73 Å². The van der Waals surface area contributed by atoms with E-state index in [4.69, 9.17) is 5.73 Å². The van der Waals surface area contributed by atoms with Gasteiger partial charge in [-0.15, -0.1) is 0 Å². The van der Waals surface area contributed by atoms with Gasteiger partial charge in [0.15, 0.2) is 0 Å². The smallest absolute Gasteiger partial charge is 0.366 e. The summed E-state index contributed by atoms with van der Waals surface area (Å²) in [6.07, 6.45) is -1.56. The number of halogens is 3. The predicted molar refractivity (Wildman–Crippen MR) is 82.5 cm³/mol.